The minimum absolute atomic E-state index is 0.203. The van der Waals surface area contributed by atoms with Crippen LogP contribution in [0.2, 0.25) is 0 Å². The van der Waals surface area contributed by atoms with Crippen molar-refractivity contribution in [3.8, 4) is 5.75 Å². The lowest BCUT2D eigenvalue weighted by Crippen LogP contribution is -2.46. The van der Waals surface area contributed by atoms with Gasteiger partial charge in [0.2, 0.25) is 0 Å². The number of benzene rings is 1. The number of likely N-dealkylation sites (tertiary alicyclic amines) is 1. The number of carbonyl (C=O) groups is 1. The molecule has 0 aliphatic carbocycles. The molecule has 5 heteroatoms. The Morgan fingerprint density at radius 1 is 1.24 bits per heavy atom. The first kappa shape index (κ1) is 19.6. The molecule has 1 atom stereocenters. The summed E-state index contributed by atoms with van der Waals surface area (Å²) in [7, 11) is 0. The van der Waals surface area contributed by atoms with Gasteiger partial charge in [0, 0.05) is 25.2 Å². The van der Waals surface area contributed by atoms with Gasteiger partial charge in [0.1, 0.15) is 11.4 Å². The third-order valence-corrected chi connectivity index (χ3v) is 4.32. The van der Waals surface area contributed by atoms with Gasteiger partial charge in [0.15, 0.2) is 0 Å². The van der Waals surface area contributed by atoms with Crippen molar-refractivity contribution in [2.75, 3.05) is 19.7 Å². The Morgan fingerprint density at radius 3 is 2.36 bits per heavy atom. The minimum Gasteiger partial charge on any atom is -0.494 e. The molecule has 0 spiro atoms. The van der Waals surface area contributed by atoms with E-state index in [0.717, 1.165) is 31.7 Å². The van der Waals surface area contributed by atoms with E-state index in [2.05, 4.69) is 24.4 Å². The zero-order valence-electron chi connectivity index (χ0n) is 16.2. The van der Waals surface area contributed by atoms with Crippen LogP contribution in [0.25, 0.3) is 0 Å². The first-order valence-electron chi connectivity index (χ1n) is 9.25. The molecule has 25 heavy (non-hydrogen) atoms. The van der Waals surface area contributed by atoms with Crippen molar-refractivity contribution in [1.82, 2.24) is 10.2 Å². The van der Waals surface area contributed by atoms with E-state index in [1.807, 2.05) is 44.7 Å². The Morgan fingerprint density at radius 2 is 1.84 bits per heavy atom. The molecular weight excluding hydrogens is 316 g/mol. The van der Waals surface area contributed by atoms with Crippen LogP contribution in [0.4, 0.5) is 4.79 Å². The van der Waals surface area contributed by atoms with Crippen LogP contribution in [0.5, 0.6) is 5.75 Å². The molecule has 1 N–H and O–H groups in total. The Bertz CT molecular complexity index is 543. The monoisotopic (exact) mass is 348 g/mol. The van der Waals surface area contributed by atoms with E-state index in [0.29, 0.717) is 12.6 Å². The maximum atomic E-state index is 12.1. The summed E-state index contributed by atoms with van der Waals surface area (Å²) in [5.74, 6) is 0.907. The SMILES string of the molecule is CCOc1ccc(C(C)NC2CCN(C(=O)OC(C)(C)C)CC2)cc1. The van der Waals surface area contributed by atoms with Gasteiger partial charge in [-0.2, -0.15) is 0 Å². The van der Waals surface area contributed by atoms with Crippen molar-refractivity contribution in [1.29, 1.82) is 0 Å². The summed E-state index contributed by atoms with van der Waals surface area (Å²) in [6.07, 6.45) is 1.69. The number of amides is 1. The second kappa shape index (κ2) is 8.56. The van der Waals surface area contributed by atoms with Crippen LogP contribution in [0.1, 0.15) is 59.1 Å². The van der Waals surface area contributed by atoms with Gasteiger partial charge in [0.05, 0.1) is 6.61 Å². The van der Waals surface area contributed by atoms with Crippen LogP contribution >= 0.6 is 0 Å². The predicted molar refractivity (Wildman–Crippen MR) is 100.0 cm³/mol. The molecule has 2 rings (SSSR count). The van der Waals surface area contributed by atoms with Crippen molar-refractivity contribution < 1.29 is 14.3 Å². The fourth-order valence-corrected chi connectivity index (χ4v) is 3.02. The van der Waals surface area contributed by atoms with E-state index < -0.39 is 5.60 Å². The summed E-state index contributed by atoms with van der Waals surface area (Å²) < 4.78 is 10.9. The number of hydrogen-bond donors (Lipinski definition) is 1. The highest BCUT2D eigenvalue weighted by molar-refractivity contribution is 5.68. The second-order valence-corrected chi connectivity index (χ2v) is 7.63. The molecule has 140 valence electrons. The second-order valence-electron chi connectivity index (χ2n) is 7.63. The number of carbonyl (C=O) groups excluding carboxylic acids is 1. The third-order valence-electron chi connectivity index (χ3n) is 4.32. The van der Waals surface area contributed by atoms with Crippen molar-refractivity contribution in [2.24, 2.45) is 0 Å². The van der Waals surface area contributed by atoms with E-state index in [-0.39, 0.29) is 12.1 Å². The van der Waals surface area contributed by atoms with Gasteiger partial charge in [0.25, 0.3) is 0 Å². The quantitative estimate of drug-likeness (QED) is 0.869. The lowest BCUT2D eigenvalue weighted by atomic mass is 10.0. The molecule has 0 saturated carbocycles. The van der Waals surface area contributed by atoms with Gasteiger partial charge >= 0.3 is 6.09 Å². The van der Waals surface area contributed by atoms with Crippen molar-refractivity contribution >= 4 is 6.09 Å². The number of nitrogens with zero attached hydrogens (tertiary/aromatic N) is 1. The molecule has 1 heterocycles. The molecule has 0 radical (unpaired) electrons. The van der Waals surface area contributed by atoms with Gasteiger partial charge < -0.3 is 19.7 Å². The fraction of sp³-hybridized carbons (Fsp3) is 0.650. The number of hydrogen-bond acceptors (Lipinski definition) is 4. The normalized spacial score (nSPS) is 17.2. The molecule has 1 saturated heterocycles. The maximum absolute atomic E-state index is 12.1. The molecule has 1 amide bonds. The van der Waals surface area contributed by atoms with Crippen LogP contribution in [-0.2, 0) is 4.74 Å². The maximum Gasteiger partial charge on any atom is 0.410 e. The number of ether oxygens (including phenoxy) is 2. The van der Waals surface area contributed by atoms with Crippen molar-refractivity contribution in [2.45, 2.75) is 65.1 Å². The van der Waals surface area contributed by atoms with E-state index in [1.54, 1.807) is 0 Å². The largest absolute Gasteiger partial charge is 0.494 e. The Hall–Kier alpha value is -1.75. The molecular formula is C20H32N2O3. The van der Waals surface area contributed by atoms with Crippen LogP contribution in [0, 0.1) is 0 Å². The molecule has 1 aliphatic heterocycles. The summed E-state index contributed by atoms with van der Waals surface area (Å²) in [4.78, 5) is 13.9. The zero-order valence-corrected chi connectivity index (χ0v) is 16.2. The highest BCUT2D eigenvalue weighted by Gasteiger charge is 2.27. The molecule has 1 aromatic carbocycles. The summed E-state index contributed by atoms with van der Waals surface area (Å²) in [5.41, 5.74) is 0.812. The smallest absolute Gasteiger partial charge is 0.410 e. The number of nitrogens with one attached hydrogen (secondary N) is 1. The zero-order chi connectivity index (χ0) is 18.4. The highest BCUT2D eigenvalue weighted by Crippen LogP contribution is 2.21. The number of piperidine rings is 1. The topological polar surface area (TPSA) is 50.8 Å². The summed E-state index contributed by atoms with van der Waals surface area (Å²) in [5, 5.41) is 3.67. The van der Waals surface area contributed by atoms with Gasteiger partial charge in [-0.15, -0.1) is 0 Å². The molecule has 1 aromatic rings. The van der Waals surface area contributed by atoms with Gasteiger partial charge in [-0.05, 0) is 65.2 Å². The lowest BCUT2D eigenvalue weighted by molar-refractivity contribution is 0.0196. The van der Waals surface area contributed by atoms with E-state index in [4.69, 9.17) is 9.47 Å². The Kier molecular flexibility index (Phi) is 6.71. The summed E-state index contributed by atoms with van der Waals surface area (Å²) >= 11 is 0. The van der Waals surface area contributed by atoms with E-state index in [1.165, 1.54) is 5.56 Å². The van der Waals surface area contributed by atoms with Crippen molar-refractivity contribution in [3.05, 3.63) is 29.8 Å². The first-order valence-corrected chi connectivity index (χ1v) is 9.25. The summed E-state index contributed by atoms with van der Waals surface area (Å²) in [6.45, 7) is 12.0. The van der Waals surface area contributed by atoms with Crippen LogP contribution in [-0.4, -0.2) is 42.3 Å². The van der Waals surface area contributed by atoms with Gasteiger partial charge in [-0.25, -0.2) is 4.79 Å². The minimum atomic E-state index is -0.436. The standard InChI is InChI=1S/C20H32N2O3/c1-6-24-18-9-7-16(8-10-18)15(2)21-17-11-13-22(14-12-17)19(23)25-20(3,4)5/h7-10,15,17,21H,6,11-14H2,1-5H3. The molecule has 0 bridgehead atoms. The van der Waals surface area contributed by atoms with Gasteiger partial charge in [-0.3, -0.25) is 0 Å². The fourth-order valence-electron chi connectivity index (χ4n) is 3.02. The third kappa shape index (κ3) is 6.24. The van der Waals surface area contributed by atoms with Crippen LogP contribution < -0.4 is 10.1 Å². The van der Waals surface area contributed by atoms with Gasteiger partial charge in [-0.1, -0.05) is 12.1 Å². The lowest BCUT2D eigenvalue weighted by Gasteiger charge is -2.35. The van der Waals surface area contributed by atoms with Crippen molar-refractivity contribution in [3.63, 3.8) is 0 Å². The Balaban J connectivity index is 1.80. The molecule has 1 fully saturated rings. The van der Waals surface area contributed by atoms with E-state index in [9.17, 15) is 4.79 Å². The summed E-state index contributed by atoms with van der Waals surface area (Å²) in [6, 6.07) is 8.94. The Labute approximate surface area is 151 Å². The molecule has 1 aliphatic rings. The van der Waals surface area contributed by atoms with Crippen LogP contribution in [0.15, 0.2) is 24.3 Å². The molecule has 1 unspecified atom stereocenters. The average molecular weight is 348 g/mol. The number of rotatable bonds is 5. The first-order chi connectivity index (χ1) is 11.8. The molecule has 0 aromatic heterocycles. The van der Waals surface area contributed by atoms with E-state index >= 15 is 0 Å². The average Bonchev–Trinajstić information content (AvgIpc) is 2.55. The molecule has 5 nitrogen and oxygen atoms in total. The highest BCUT2D eigenvalue weighted by atomic mass is 16.6. The predicted octanol–water partition coefficient (Wildman–Crippen LogP) is 4.14. The van der Waals surface area contributed by atoms with Crippen LogP contribution in [0.3, 0.4) is 0 Å².